The molecule has 3 heterocycles. The van der Waals surface area contributed by atoms with Crippen molar-refractivity contribution in [3.63, 3.8) is 0 Å². The highest BCUT2D eigenvalue weighted by molar-refractivity contribution is 9.10. The topological polar surface area (TPSA) is 77.7 Å². The zero-order valence-electron chi connectivity index (χ0n) is 18.5. The van der Waals surface area contributed by atoms with E-state index >= 15 is 0 Å². The normalized spacial score (nSPS) is 20.0. The monoisotopic (exact) mass is 555 g/mol. The number of halogens is 1. The van der Waals surface area contributed by atoms with Gasteiger partial charge in [0, 0.05) is 23.9 Å². The molecule has 0 aliphatic carbocycles. The molecule has 0 aromatic heterocycles. The maximum absolute atomic E-state index is 13.3. The third-order valence-electron chi connectivity index (χ3n) is 5.71. The highest BCUT2D eigenvalue weighted by Gasteiger charge is 2.34. The van der Waals surface area contributed by atoms with Crippen LogP contribution in [0.2, 0.25) is 0 Å². The Labute approximate surface area is 214 Å². The van der Waals surface area contributed by atoms with E-state index in [2.05, 4.69) is 57.2 Å². The number of amidine groups is 1. The van der Waals surface area contributed by atoms with Gasteiger partial charge in [-0.25, -0.2) is 10.0 Å². The van der Waals surface area contributed by atoms with Crippen molar-refractivity contribution in [1.29, 1.82) is 0 Å². The summed E-state index contributed by atoms with van der Waals surface area (Å²) in [6.45, 7) is 2.72. The first-order valence-corrected chi connectivity index (χ1v) is 13.6. The number of hydrogen-bond donors (Lipinski definition) is 0. The Balaban J connectivity index is 1.33. The maximum atomic E-state index is 13.3. The molecular formula is C24H22BrN5O2S2. The van der Waals surface area contributed by atoms with Gasteiger partial charge in [-0.2, -0.15) is 15.2 Å². The van der Waals surface area contributed by atoms with Crippen LogP contribution in [-0.4, -0.2) is 49.4 Å². The van der Waals surface area contributed by atoms with Crippen LogP contribution in [0.3, 0.4) is 0 Å². The van der Waals surface area contributed by atoms with Crippen LogP contribution >= 0.6 is 39.5 Å². The molecule has 7 nitrogen and oxygen atoms in total. The highest BCUT2D eigenvalue weighted by Crippen LogP contribution is 2.35. The molecular weight excluding hydrogens is 534 g/mol. The zero-order valence-corrected chi connectivity index (χ0v) is 21.7. The number of hydrazone groups is 2. The van der Waals surface area contributed by atoms with Crippen molar-refractivity contribution in [1.82, 2.24) is 10.0 Å². The number of carbonyl (C=O) groups excluding carboxylic acids is 2. The van der Waals surface area contributed by atoms with E-state index < -0.39 is 0 Å². The third kappa shape index (κ3) is 5.13. The molecule has 34 heavy (non-hydrogen) atoms. The Hall–Kier alpha value is -2.43. The molecule has 1 atom stereocenters. The summed E-state index contributed by atoms with van der Waals surface area (Å²) in [6, 6.07) is 16.1. The van der Waals surface area contributed by atoms with Crippen LogP contribution in [0.1, 0.15) is 42.0 Å². The number of aryl methyl sites for hydroxylation is 1. The summed E-state index contributed by atoms with van der Waals surface area (Å²) in [5.74, 6) is 0.0156. The van der Waals surface area contributed by atoms with E-state index in [9.17, 15) is 9.59 Å². The number of benzene rings is 2. The second-order valence-corrected chi connectivity index (χ2v) is 11.3. The van der Waals surface area contributed by atoms with Gasteiger partial charge in [-0.05, 0) is 48.4 Å². The van der Waals surface area contributed by atoms with Crippen molar-refractivity contribution in [3.05, 3.63) is 69.7 Å². The van der Waals surface area contributed by atoms with E-state index in [-0.39, 0.29) is 23.6 Å². The van der Waals surface area contributed by atoms with Gasteiger partial charge in [0.2, 0.25) is 5.91 Å². The van der Waals surface area contributed by atoms with Crippen LogP contribution in [0.4, 0.5) is 0 Å². The first kappa shape index (κ1) is 23.3. The summed E-state index contributed by atoms with van der Waals surface area (Å²) in [5, 5.41) is 13.3. The molecule has 0 bridgehead atoms. The molecule has 2 aromatic carbocycles. The van der Waals surface area contributed by atoms with E-state index in [1.165, 1.54) is 29.1 Å². The van der Waals surface area contributed by atoms with E-state index in [1.807, 2.05) is 24.3 Å². The van der Waals surface area contributed by atoms with Crippen molar-refractivity contribution >= 4 is 66.5 Å². The van der Waals surface area contributed by atoms with Crippen LogP contribution in [0.15, 0.2) is 68.2 Å². The molecule has 3 aliphatic rings. The van der Waals surface area contributed by atoms with Gasteiger partial charge in [0.1, 0.15) is 0 Å². The average Bonchev–Trinajstić information content (AvgIpc) is 3.39. The summed E-state index contributed by atoms with van der Waals surface area (Å²) in [6.07, 6.45) is 1.83. The number of rotatable bonds is 4. The second-order valence-electron chi connectivity index (χ2n) is 8.19. The van der Waals surface area contributed by atoms with Crippen molar-refractivity contribution in [2.24, 2.45) is 15.2 Å². The summed E-state index contributed by atoms with van der Waals surface area (Å²) < 4.78 is 1.73. The summed E-state index contributed by atoms with van der Waals surface area (Å²) in [4.78, 5) is 29.2. The Morgan fingerprint density at radius 2 is 1.91 bits per heavy atom. The first-order valence-electron chi connectivity index (χ1n) is 11.0. The molecule has 0 unspecified atom stereocenters. The molecule has 174 valence electrons. The maximum Gasteiger partial charge on any atom is 0.253 e. The Morgan fingerprint density at radius 1 is 1.15 bits per heavy atom. The Bertz CT molecular complexity index is 1210. The number of fused-ring (bicyclic) bond motifs is 1. The number of carbonyl (C=O) groups is 2. The van der Waals surface area contributed by atoms with Gasteiger partial charge >= 0.3 is 0 Å². The molecule has 10 heteroatoms. The van der Waals surface area contributed by atoms with Crippen LogP contribution < -0.4 is 0 Å². The first-order chi connectivity index (χ1) is 16.5. The van der Waals surface area contributed by atoms with Gasteiger partial charge in [-0.1, -0.05) is 69.7 Å². The lowest BCUT2D eigenvalue weighted by Gasteiger charge is -2.22. The molecule has 0 radical (unpaired) electrons. The van der Waals surface area contributed by atoms with E-state index in [0.29, 0.717) is 24.6 Å². The molecule has 2 amide bonds. The molecule has 0 N–H and O–H groups in total. The van der Waals surface area contributed by atoms with Gasteiger partial charge in [0.15, 0.2) is 9.54 Å². The Morgan fingerprint density at radius 3 is 2.68 bits per heavy atom. The molecule has 2 aromatic rings. The molecule has 3 aliphatic heterocycles. The van der Waals surface area contributed by atoms with Gasteiger partial charge < -0.3 is 0 Å². The number of aliphatic imine (C=N–C) groups is 1. The number of amides is 2. The molecule has 0 saturated heterocycles. The van der Waals surface area contributed by atoms with Crippen molar-refractivity contribution in [2.75, 3.05) is 12.3 Å². The van der Waals surface area contributed by atoms with Gasteiger partial charge in [-0.15, -0.1) is 0 Å². The lowest BCUT2D eigenvalue weighted by atomic mass is 9.98. The standard InChI is InChI=1S/C24H22BrN5O2S2/c1-15-4-6-17(7-5-15)20-13-19(16-8-10-18(25)11-9-16)27-30(20)22(32)14-33-24-28-29-12-2-3-21(31)26-23(29)34-24/h4-11,20H,2-3,12-14H2,1H3/t20-/m1/s1. The minimum Gasteiger partial charge on any atom is -0.273 e. The van der Waals surface area contributed by atoms with Crippen molar-refractivity contribution < 1.29 is 9.59 Å². The number of hydrogen-bond acceptors (Lipinski definition) is 7. The van der Waals surface area contributed by atoms with Crippen LogP contribution in [0.25, 0.3) is 0 Å². The smallest absolute Gasteiger partial charge is 0.253 e. The fraction of sp³-hybridized carbons (Fsp3) is 0.292. The lowest BCUT2D eigenvalue weighted by molar-refractivity contribution is -0.130. The lowest BCUT2D eigenvalue weighted by Crippen LogP contribution is -2.28. The summed E-state index contributed by atoms with van der Waals surface area (Å²) >= 11 is 6.19. The predicted octanol–water partition coefficient (Wildman–Crippen LogP) is 5.16. The predicted molar refractivity (Wildman–Crippen MR) is 142 cm³/mol. The van der Waals surface area contributed by atoms with Gasteiger partial charge in [-0.3, -0.25) is 9.59 Å². The molecule has 5 rings (SSSR count). The SMILES string of the molecule is Cc1ccc([C@H]2CC(c3ccc(Br)cc3)=NN2C(=O)CSC2=NN3CCCC(=O)N=C3S2)cc1. The second kappa shape index (κ2) is 10.1. The fourth-order valence-corrected chi connectivity index (χ4v) is 6.03. The molecule has 0 saturated carbocycles. The van der Waals surface area contributed by atoms with E-state index in [1.54, 1.807) is 10.0 Å². The van der Waals surface area contributed by atoms with Crippen molar-refractivity contribution in [2.45, 2.75) is 32.2 Å². The van der Waals surface area contributed by atoms with Gasteiger partial charge in [0.25, 0.3) is 5.91 Å². The highest BCUT2D eigenvalue weighted by atomic mass is 79.9. The van der Waals surface area contributed by atoms with Gasteiger partial charge in [0.05, 0.1) is 17.5 Å². The summed E-state index contributed by atoms with van der Waals surface area (Å²) in [5.41, 5.74) is 4.14. The van der Waals surface area contributed by atoms with E-state index in [0.717, 1.165) is 32.1 Å². The largest absolute Gasteiger partial charge is 0.273 e. The summed E-state index contributed by atoms with van der Waals surface area (Å²) in [7, 11) is 0. The van der Waals surface area contributed by atoms with Crippen LogP contribution in [0, 0.1) is 6.92 Å². The fourth-order valence-electron chi connectivity index (χ4n) is 3.91. The van der Waals surface area contributed by atoms with E-state index in [4.69, 9.17) is 5.10 Å². The Kier molecular flexibility index (Phi) is 6.89. The van der Waals surface area contributed by atoms with Crippen LogP contribution in [0.5, 0.6) is 0 Å². The molecule has 0 fully saturated rings. The molecule has 0 spiro atoms. The average molecular weight is 557 g/mol. The van der Waals surface area contributed by atoms with Crippen LogP contribution in [-0.2, 0) is 9.59 Å². The van der Waals surface area contributed by atoms with Crippen molar-refractivity contribution in [3.8, 4) is 0 Å². The number of thioether (sulfide) groups is 2. The number of nitrogens with zero attached hydrogens (tertiary/aromatic N) is 5. The zero-order chi connectivity index (χ0) is 23.7. The third-order valence-corrected chi connectivity index (χ3v) is 8.30. The quantitative estimate of drug-likeness (QED) is 0.520. The minimum atomic E-state index is -0.151. The minimum absolute atomic E-state index is 0.0777.